The monoisotopic (exact) mass is 693 g/mol. The summed E-state index contributed by atoms with van der Waals surface area (Å²) in [5.74, 6) is -0.859. The van der Waals surface area contributed by atoms with E-state index in [0.717, 1.165) is 33.8 Å². The lowest BCUT2D eigenvalue weighted by atomic mass is 10.0. The number of nitrogens with zero attached hydrogens (tertiary/aromatic N) is 2. The Morgan fingerprint density at radius 1 is 0.830 bits per heavy atom. The molecule has 0 fully saturated rings. The zero-order valence-electron chi connectivity index (χ0n) is 27.0. The number of hydrogen-bond acceptors (Lipinski definition) is 4. The highest BCUT2D eigenvalue weighted by Gasteiger charge is 2.35. The summed E-state index contributed by atoms with van der Waals surface area (Å²) in [5, 5.41) is 3.67. The third-order valence-corrected chi connectivity index (χ3v) is 10.5. The molecule has 248 valence electrons. The molecule has 0 aliphatic carbocycles. The SMILES string of the molecule is CCCCNC(=O)[C@H](Cc1ccccc1)N(Cc1ccc(Cl)c(Cl)c1)C(=O)CN(c1ccccc1CC)S(=O)(=O)c1ccc(C)cc1. The molecule has 0 aliphatic heterocycles. The number of unbranched alkanes of at least 4 members (excludes halogenated alkanes) is 1. The summed E-state index contributed by atoms with van der Waals surface area (Å²) in [6.45, 7) is 5.77. The van der Waals surface area contributed by atoms with Crippen LogP contribution in [0.15, 0.2) is 102 Å². The minimum absolute atomic E-state index is 0.00225. The number of aryl methyl sites for hydroxylation is 2. The van der Waals surface area contributed by atoms with Gasteiger partial charge in [-0.25, -0.2) is 8.42 Å². The molecule has 0 spiro atoms. The third kappa shape index (κ3) is 9.37. The first-order valence-electron chi connectivity index (χ1n) is 15.8. The molecular formula is C37H41Cl2N3O4S. The van der Waals surface area contributed by atoms with Crippen LogP contribution < -0.4 is 9.62 Å². The summed E-state index contributed by atoms with van der Waals surface area (Å²) in [4.78, 5) is 30.1. The van der Waals surface area contributed by atoms with E-state index in [2.05, 4.69) is 5.32 Å². The minimum Gasteiger partial charge on any atom is -0.354 e. The number of sulfonamides is 1. The van der Waals surface area contributed by atoms with Crippen LogP contribution >= 0.6 is 23.2 Å². The number of amides is 2. The fourth-order valence-electron chi connectivity index (χ4n) is 5.30. The Morgan fingerprint density at radius 3 is 2.17 bits per heavy atom. The van der Waals surface area contributed by atoms with Crippen LogP contribution in [-0.2, 0) is 39.0 Å². The van der Waals surface area contributed by atoms with Crippen molar-refractivity contribution in [2.45, 2.75) is 63.9 Å². The average molecular weight is 695 g/mol. The number of para-hydroxylation sites is 1. The summed E-state index contributed by atoms with van der Waals surface area (Å²) in [6.07, 6.45) is 2.44. The Labute approximate surface area is 288 Å². The van der Waals surface area contributed by atoms with Crippen molar-refractivity contribution in [1.82, 2.24) is 10.2 Å². The van der Waals surface area contributed by atoms with E-state index in [4.69, 9.17) is 23.2 Å². The van der Waals surface area contributed by atoms with E-state index in [1.165, 1.54) is 4.90 Å². The molecule has 0 bridgehead atoms. The molecule has 4 rings (SSSR count). The molecule has 4 aromatic carbocycles. The van der Waals surface area contributed by atoms with Gasteiger partial charge < -0.3 is 10.2 Å². The van der Waals surface area contributed by atoms with Gasteiger partial charge in [-0.3, -0.25) is 13.9 Å². The molecule has 0 saturated carbocycles. The second kappa shape index (κ2) is 16.8. The highest BCUT2D eigenvalue weighted by Crippen LogP contribution is 2.29. The zero-order valence-corrected chi connectivity index (χ0v) is 29.3. The maximum atomic E-state index is 14.7. The third-order valence-electron chi connectivity index (χ3n) is 7.97. The van der Waals surface area contributed by atoms with Gasteiger partial charge in [0.25, 0.3) is 10.0 Å². The molecule has 0 aliphatic rings. The molecule has 0 aromatic heterocycles. The topological polar surface area (TPSA) is 86.8 Å². The van der Waals surface area contributed by atoms with E-state index >= 15 is 0 Å². The van der Waals surface area contributed by atoms with Gasteiger partial charge in [-0.2, -0.15) is 0 Å². The summed E-state index contributed by atoms with van der Waals surface area (Å²) in [5.41, 5.74) is 3.59. The Morgan fingerprint density at radius 2 is 1.51 bits per heavy atom. The molecule has 1 atom stereocenters. The number of anilines is 1. The molecular weight excluding hydrogens is 653 g/mol. The van der Waals surface area contributed by atoms with Gasteiger partial charge in [-0.1, -0.05) is 116 Å². The lowest BCUT2D eigenvalue weighted by Crippen LogP contribution is -2.53. The fourth-order valence-corrected chi connectivity index (χ4v) is 7.07. The standard InChI is InChI=1S/C37H41Cl2N3O4S/c1-4-6-22-40-37(44)35(24-28-12-8-7-9-13-28)41(25-29-18-21-32(38)33(39)23-29)36(43)26-42(34-15-11-10-14-30(34)5-2)47(45,46)31-19-16-27(3)17-20-31/h7-21,23,35H,4-6,22,24-26H2,1-3H3,(H,40,44)/t35-/m0/s1. The van der Waals surface area contributed by atoms with Crippen molar-refractivity contribution in [2.75, 3.05) is 17.4 Å². The van der Waals surface area contributed by atoms with Crippen LogP contribution in [0.3, 0.4) is 0 Å². The summed E-state index contributed by atoms with van der Waals surface area (Å²) < 4.78 is 29.8. The van der Waals surface area contributed by atoms with Crippen molar-refractivity contribution in [3.8, 4) is 0 Å². The molecule has 0 saturated heterocycles. The second-order valence-electron chi connectivity index (χ2n) is 11.4. The first-order chi connectivity index (χ1) is 22.5. The molecule has 10 heteroatoms. The van der Waals surface area contributed by atoms with Crippen LogP contribution in [0.25, 0.3) is 0 Å². The van der Waals surface area contributed by atoms with E-state index in [-0.39, 0.29) is 23.8 Å². The highest BCUT2D eigenvalue weighted by atomic mass is 35.5. The maximum Gasteiger partial charge on any atom is 0.264 e. The van der Waals surface area contributed by atoms with E-state index in [9.17, 15) is 18.0 Å². The van der Waals surface area contributed by atoms with E-state index in [1.54, 1.807) is 54.6 Å². The van der Waals surface area contributed by atoms with Crippen LogP contribution in [0.1, 0.15) is 48.9 Å². The van der Waals surface area contributed by atoms with E-state index in [1.807, 2.05) is 63.2 Å². The van der Waals surface area contributed by atoms with Crippen LogP contribution in [0.4, 0.5) is 5.69 Å². The molecule has 2 amide bonds. The lowest BCUT2D eigenvalue weighted by molar-refractivity contribution is -0.140. The van der Waals surface area contributed by atoms with Crippen LogP contribution in [-0.4, -0.2) is 44.3 Å². The van der Waals surface area contributed by atoms with Gasteiger partial charge in [0.05, 0.1) is 20.6 Å². The van der Waals surface area contributed by atoms with Crippen LogP contribution in [0.2, 0.25) is 10.0 Å². The van der Waals surface area contributed by atoms with Gasteiger partial charge in [-0.15, -0.1) is 0 Å². The Balaban J connectivity index is 1.83. The second-order valence-corrected chi connectivity index (χ2v) is 14.1. The molecule has 1 N–H and O–H groups in total. The van der Waals surface area contributed by atoms with Crippen molar-refractivity contribution >= 4 is 50.7 Å². The first kappa shape index (κ1) is 36.0. The molecule has 0 unspecified atom stereocenters. The van der Waals surface area contributed by atoms with Crippen molar-refractivity contribution < 1.29 is 18.0 Å². The maximum absolute atomic E-state index is 14.7. The smallest absolute Gasteiger partial charge is 0.264 e. The summed E-state index contributed by atoms with van der Waals surface area (Å²) in [7, 11) is -4.19. The largest absolute Gasteiger partial charge is 0.354 e. The Bertz CT molecular complexity index is 1770. The van der Waals surface area contributed by atoms with Gasteiger partial charge in [0, 0.05) is 19.5 Å². The number of hydrogen-bond donors (Lipinski definition) is 1. The molecule has 7 nitrogen and oxygen atoms in total. The first-order valence-corrected chi connectivity index (χ1v) is 18.0. The van der Waals surface area contributed by atoms with Gasteiger partial charge in [0.1, 0.15) is 12.6 Å². The minimum atomic E-state index is -4.19. The molecule has 47 heavy (non-hydrogen) atoms. The van der Waals surface area contributed by atoms with Gasteiger partial charge in [-0.05, 0) is 66.8 Å². The average Bonchev–Trinajstić information content (AvgIpc) is 3.07. The number of carbonyl (C=O) groups is 2. The number of nitrogens with one attached hydrogen (secondary N) is 1. The number of rotatable bonds is 15. The molecule has 0 radical (unpaired) electrons. The Hall–Kier alpha value is -3.85. The summed E-state index contributed by atoms with van der Waals surface area (Å²) in [6, 6.07) is 27.3. The highest BCUT2D eigenvalue weighted by molar-refractivity contribution is 7.92. The summed E-state index contributed by atoms with van der Waals surface area (Å²) >= 11 is 12.6. The molecule has 4 aromatic rings. The predicted molar refractivity (Wildman–Crippen MR) is 190 cm³/mol. The number of carbonyl (C=O) groups excluding carboxylic acids is 2. The van der Waals surface area contributed by atoms with Gasteiger partial charge in [0.15, 0.2) is 0 Å². The van der Waals surface area contributed by atoms with Crippen LogP contribution in [0, 0.1) is 6.92 Å². The van der Waals surface area contributed by atoms with Crippen LogP contribution in [0.5, 0.6) is 0 Å². The van der Waals surface area contributed by atoms with E-state index < -0.39 is 28.5 Å². The number of benzene rings is 4. The molecule has 0 heterocycles. The number of halogens is 2. The zero-order chi connectivity index (χ0) is 34.0. The fraction of sp³-hybridized carbons (Fsp3) is 0.297. The quantitative estimate of drug-likeness (QED) is 0.130. The van der Waals surface area contributed by atoms with E-state index in [0.29, 0.717) is 34.3 Å². The van der Waals surface area contributed by atoms with Crippen molar-refractivity contribution in [3.05, 3.63) is 129 Å². The van der Waals surface area contributed by atoms with Gasteiger partial charge >= 0.3 is 0 Å². The lowest BCUT2D eigenvalue weighted by Gasteiger charge is -2.34. The van der Waals surface area contributed by atoms with Crippen molar-refractivity contribution in [3.63, 3.8) is 0 Å². The predicted octanol–water partition coefficient (Wildman–Crippen LogP) is 7.62. The van der Waals surface area contributed by atoms with Crippen molar-refractivity contribution in [2.24, 2.45) is 0 Å². The van der Waals surface area contributed by atoms with Crippen molar-refractivity contribution in [1.29, 1.82) is 0 Å². The Kier molecular flexibility index (Phi) is 12.9. The van der Waals surface area contributed by atoms with Gasteiger partial charge in [0.2, 0.25) is 11.8 Å². The normalized spacial score (nSPS) is 11.9.